The fourth-order valence-corrected chi connectivity index (χ4v) is 14.9. The van der Waals surface area contributed by atoms with Crippen LogP contribution >= 0.6 is 15.9 Å². The van der Waals surface area contributed by atoms with Crippen molar-refractivity contribution in [2.45, 2.75) is 117 Å². The topological polar surface area (TPSA) is 55.4 Å². The van der Waals surface area contributed by atoms with E-state index in [1.807, 2.05) is 55.4 Å². The number of benzene rings is 14. The van der Waals surface area contributed by atoms with Gasteiger partial charge in [0.2, 0.25) is 0 Å². The van der Waals surface area contributed by atoms with Crippen LogP contribution in [0.4, 0.5) is 0 Å². The van der Waals surface area contributed by atoms with Crippen LogP contribution in [0.25, 0.3) is 130 Å². The second-order valence-electron chi connectivity index (χ2n) is 28.2. The summed E-state index contributed by atoms with van der Waals surface area (Å²) in [6, 6.07) is 83.9. The molecule has 3 saturated heterocycles. The minimum Gasteiger partial charge on any atom is -0.405 e. The van der Waals surface area contributed by atoms with Crippen molar-refractivity contribution in [2.75, 3.05) is 0 Å². The van der Waals surface area contributed by atoms with Gasteiger partial charge >= 0.3 is 21.1 Å². The molecule has 14 aromatic rings. The van der Waals surface area contributed by atoms with E-state index in [-0.39, 0.29) is 22.4 Å². The molecule has 92 heavy (non-hydrogen) atoms. The molecule has 0 atom stereocenters. The van der Waals surface area contributed by atoms with Crippen LogP contribution in [0.15, 0.2) is 235 Å². The zero-order chi connectivity index (χ0) is 63.9. The Morgan fingerprint density at radius 2 is 0.435 bits per heavy atom. The minimum atomic E-state index is -0.476. The molecule has 6 nitrogen and oxygen atoms in total. The predicted octanol–water partition coefficient (Wildman–Crippen LogP) is 21.6. The lowest BCUT2D eigenvalue weighted by Crippen LogP contribution is -2.41. The van der Waals surface area contributed by atoms with Crippen molar-refractivity contribution >= 4 is 150 Å². The standard InChI is InChI=1S/C38H31BO2.C32H19Br.C12H24B2O4/c1-37(2)38(3,4)41-39(40-37)36-32-19-11-9-17-30(32)35(31-18-10-12-20-33(31)36)24-21-22-29-27-15-6-5-13-25(27)26-14-7-8-16-28(26)34(29)23-24;33-32-28-15-7-5-13-26(28)31(27-14-6-8-16-29(27)32)20-17-18-25-23-11-2-1-9-21(23)22-10-3-4-12-24(22)30(25)19-20;1-9(2)10(3,4)16-13(15-9)14-17-11(5,6)12(7,8)18-14/h5-23H,1-4H3;1-19H;1-8H3. The SMILES string of the molecule is Brc1c2ccccc2c(-c2ccc3c4ccccc4c4ccccc4c3c2)c2ccccc12.CC1(C)OB(B2OC(C)(C)C(C)(C)O2)OC1(C)C.CC1(C)OB(c2c3ccccc3c(-c3ccc4c5ccccc5c5ccccc5c4c3)c3ccccc23)OC1(C)C. The maximum atomic E-state index is 6.64. The highest BCUT2D eigenvalue weighted by atomic mass is 79.9. The molecular formula is C82H74B3BrO6. The normalized spacial score (nSPS) is 17.8. The Morgan fingerprint density at radius 3 is 0.717 bits per heavy atom. The Bertz CT molecular complexity index is 5060. The van der Waals surface area contributed by atoms with Gasteiger partial charge in [-0.2, -0.15) is 0 Å². The van der Waals surface area contributed by atoms with E-state index >= 15 is 0 Å². The van der Waals surface area contributed by atoms with Crippen molar-refractivity contribution in [3.63, 3.8) is 0 Å². The first kappa shape index (κ1) is 60.4. The van der Waals surface area contributed by atoms with E-state index in [4.69, 9.17) is 27.9 Å². The molecule has 0 bridgehead atoms. The van der Waals surface area contributed by atoms with E-state index < -0.39 is 32.3 Å². The third-order valence-corrected chi connectivity index (χ3v) is 22.0. The van der Waals surface area contributed by atoms with Crippen molar-refractivity contribution in [3.8, 4) is 22.3 Å². The van der Waals surface area contributed by atoms with Gasteiger partial charge in [0, 0.05) is 4.47 Å². The van der Waals surface area contributed by atoms with Crippen molar-refractivity contribution in [3.05, 3.63) is 235 Å². The van der Waals surface area contributed by atoms with Gasteiger partial charge in [0.15, 0.2) is 0 Å². The summed E-state index contributed by atoms with van der Waals surface area (Å²) in [5.74, 6) is 0. The molecule has 10 heteroatoms. The molecule has 3 fully saturated rings. The highest BCUT2D eigenvalue weighted by molar-refractivity contribution is 9.10. The van der Waals surface area contributed by atoms with E-state index in [9.17, 15) is 0 Å². The summed E-state index contributed by atoms with van der Waals surface area (Å²) in [5, 5.41) is 25.4. The minimum absolute atomic E-state index is 0.360. The molecule has 0 aliphatic carbocycles. The van der Waals surface area contributed by atoms with Crippen LogP contribution in [-0.4, -0.2) is 54.7 Å². The zero-order valence-corrected chi connectivity index (χ0v) is 56.1. The van der Waals surface area contributed by atoms with Crippen molar-refractivity contribution in [1.29, 1.82) is 0 Å². The van der Waals surface area contributed by atoms with Crippen molar-refractivity contribution in [1.82, 2.24) is 0 Å². The van der Waals surface area contributed by atoms with Crippen molar-refractivity contribution < 1.29 is 27.9 Å². The average molecular weight is 1270 g/mol. The number of halogens is 1. The molecule has 0 radical (unpaired) electrons. The molecule has 3 aliphatic rings. The molecule has 0 amide bonds. The van der Waals surface area contributed by atoms with E-state index in [2.05, 4.69) is 274 Å². The number of rotatable bonds is 4. The third kappa shape index (κ3) is 9.77. The molecule has 454 valence electrons. The second kappa shape index (κ2) is 22.1. The van der Waals surface area contributed by atoms with Gasteiger partial charge in [-0.05, 0) is 247 Å². The fourth-order valence-electron chi connectivity index (χ4n) is 14.2. The summed E-state index contributed by atoms with van der Waals surface area (Å²) in [5.41, 5.74) is 3.84. The Hall–Kier alpha value is -7.89. The van der Waals surface area contributed by atoms with E-state index in [0.717, 1.165) is 9.94 Å². The van der Waals surface area contributed by atoms with Crippen LogP contribution in [0.2, 0.25) is 0 Å². The van der Waals surface area contributed by atoms with E-state index in [1.165, 1.54) is 130 Å². The summed E-state index contributed by atoms with van der Waals surface area (Å²) >= 11 is 3.89. The van der Waals surface area contributed by atoms with Gasteiger partial charge < -0.3 is 27.9 Å². The predicted molar refractivity (Wildman–Crippen MR) is 394 cm³/mol. The summed E-state index contributed by atoms with van der Waals surface area (Å²) in [6.45, 7) is 24.7. The molecular weight excluding hydrogens is 1190 g/mol. The first-order valence-electron chi connectivity index (χ1n) is 32.3. The van der Waals surface area contributed by atoms with Crippen LogP contribution in [0.3, 0.4) is 0 Å². The van der Waals surface area contributed by atoms with Gasteiger partial charge in [-0.3, -0.25) is 0 Å². The fraction of sp³-hybridized carbons (Fsp3) is 0.220. The van der Waals surface area contributed by atoms with E-state index in [1.54, 1.807) is 0 Å². The molecule has 0 unspecified atom stereocenters. The number of hydrogen-bond donors (Lipinski definition) is 0. The Labute approximate surface area is 548 Å². The first-order chi connectivity index (χ1) is 44.0. The lowest BCUT2D eigenvalue weighted by Gasteiger charge is -2.32. The molecule has 0 N–H and O–H groups in total. The average Bonchev–Trinajstić information content (AvgIpc) is 0.822. The summed E-state index contributed by atoms with van der Waals surface area (Å²) < 4.78 is 38.3. The van der Waals surface area contributed by atoms with E-state index in [0.29, 0.717) is 0 Å². The van der Waals surface area contributed by atoms with Crippen LogP contribution < -0.4 is 5.46 Å². The molecule has 0 aromatic heterocycles. The zero-order valence-electron chi connectivity index (χ0n) is 54.5. The summed E-state index contributed by atoms with van der Waals surface area (Å²) in [6.07, 6.45) is 0. The van der Waals surface area contributed by atoms with Crippen LogP contribution in [0.5, 0.6) is 0 Å². The number of fused-ring (bicyclic) bond motifs is 16. The van der Waals surface area contributed by atoms with Gasteiger partial charge in [0.1, 0.15) is 0 Å². The third-order valence-electron chi connectivity index (χ3n) is 21.2. The van der Waals surface area contributed by atoms with Gasteiger partial charge in [-0.15, -0.1) is 0 Å². The molecule has 0 spiro atoms. The highest BCUT2D eigenvalue weighted by Gasteiger charge is 2.64. The largest absolute Gasteiger partial charge is 0.496 e. The Kier molecular flexibility index (Phi) is 14.5. The summed E-state index contributed by atoms with van der Waals surface area (Å²) in [7, 11) is -1.40. The lowest BCUT2D eigenvalue weighted by atomic mass is 9.49. The quantitative estimate of drug-likeness (QED) is 0.0994. The second-order valence-corrected chi connectivity index (χ2v) is 29.0. The summed E-state index contributed by atoms with van der Waals surface area (Å²) in [4.78, 5) is 0. The molecule has 14 aromatic carbocycles. The molecule has 3 aliphatic heterocycles. The van der Waals surface area contributed by atoms with Crippen LogP contribution in [0.1, 0.15) is 83.1 Å². The van der Waals surface area contributed by atoms with Gasteiger partial charge in [-0.1, -0.05) is 218 Å². The van der Waals surface area contributed by atoms with Gasteiger partial charge in [0.05, 0.1) is 33.6 Å². The molecule has 17 rings (SSSR count). The Balaban J connectivity index is 0.000000123. The lowest BCUT2D eigenvalue weighted by molar-refractivity contribution is 0.00578. The highest BCUT2D eigenvalue weighted by Crippen LogP contribution is 2.48. The van der Waals surface area contributed by atoms with Crippen molar-refractivity contribution in [2.24, 2.45) is 0 Å². The van der Waals surface area contributed by atoms with Gasteiger partial charge in [0.25, 0.3) is 0 Å². The van der Waals surface area contributed by atoms with Crippen LogP contribution in [0, 0.1) is 0 Å². The maximum absolute atomic E-state index is 6.64. The number of hydrogen-bond acceptors (Lipinski definition) is 6. The maximum Gasteiger partial charge on any atom is 0.496 e. The molecule has 3 heterocycles. The smallest absolute Gasteiger partial charge is 0.405 e. The first-order valence-corrected chi connectivity index (χ1v) is 33.1. The van der Waals surface area contributed by atoms with Gasteiger partial charge in [-0.25, -0.2) is 0 Å². The monoisotopic (exact) mass is 1270 g/mol. The Morgan fingerprint density at radius 1 is 0.228 bits per heavy atom. The van der Waals surface area contributed by atoms with Crippen LogP contribution in [-0.2, 0) is 27.9 Å². The molecule has 0 saturated carbocycles.